The van der Waals surface area contributed by atoms with Gasteiger partial charge in [-0.05, 0) is 35.9 Å². The molecular weight excluding hydrogens is 510 g/mol. The van der Waals surface area contributed by atoms with E-state index in [-0.39, 0.29) is 0 Å². The highest BCUT2D eigenvalue weighted by atomic mass is 14.8. The molecule has 0 N–H and O–H groups in total. The van der Waals surface area contributed by atoms with Crippen molar-refractivity contribution >= 4 is 32.7 Å². The van der Waals surface area contributed by atoms with Crippen molar-refractivity contribution in [2.45, 2.75) is 0 Å². The predicted molar refractivity (Wildman–Crippen MR) is 174 cm³/mol. The van der Waals surface area contributed by atoms with Crippen LogP contribution in [0.1, 0.15) is 0 Å². The molecule has 0 unspecified atom stereocenters. The van der Waals surface area contributed by atoms with Crippen LogP contribution in [0.15, 0.2) is 152 Å². The van der Waals surface area contributed by atoms with Crippen molar-refractivity contribution in [1.82, 2.24) is 15.0 Å². The highest BCUT2D eigenvalue weighted by Gasteiger charge is 2.14. The van der Waals surface area contributed by atoms with Crippen LogP contribution in [0.4, 0.5) is 0 Å². The van der Waals surface area contributed by atoms with Crippen LogP contribution in [0.2, 0.25) is 0 Å². The van der Waals surface area contributed by atoms with E-state index in [1.165, 1.54) is 0 Å². The highest BCUT2D eigenvalue weighted by Crippen LogP contribution is 2.35. The highest BCUT2D eigenvalue weighted by molar-refractivity contribution is 6.04. The van der Waals surface area contributed by atoms with E-state index in [0.29, 0.717) is 0 Å². The first-order valence-electron chi connectivity index (χ1n) is 14.1. The first kappa shape index (κ1) is 24.2. The molecule has 0 saturated heterocycles. The summed E-state index contributed by atoms with van der Waals surface area (Å²) in [5, 5.41) is 3.28. The molecule has 0 spiro atoms. The molecule has 0 bridgehead atoms. The third-order valence-corrected chi connectivity index (χ3v) is 7.83. The van der Waals surface area contributed by atoms with E-state index in [1.807, 2.05) is 30.3 Å². The first-order valence-corrected chi connectivity index (χ1v) is 14.1. The molecule has 42 heavy (non-hydrogen) atoms. The van der Waals surface area contributed by atoms with E-state index < -0.39 is 0 Å². The summed E-state index contributed by atoms with van der Waals surface area (Å²) in [6.45, 7) is 0. The number of para-hydroxylation sites is 1. The van der Waals surface area contributed by atoms with E-state index in [1.54, 1.807) is 0 Å². The van der Waals surface area contributed by atoms with Gasteiger partial charge in [-0.3, -0.25) is 0 Å². The molecule has 8 aromatic rings. The fourth-order valence-electron chi connectivity index (χ4n) is 5.70. The Morgan fingerprint density at radius 3 is 1.60 bits per heavy atom. The van der Waals surface area contributed by atoms with Gasteiger partial charge in [0.05, 0.1) is 33.6 Å². The summed E-state index contributed by atoms with van der Waals surface area (Å²) in [7, 11) is 0. The fourth-order valence-corrected chi connectivity index (χ4v) is 5.70. The van der Waals surface area contributed by atoms with E-state index >= 15 is 0 Å². The Kier molecular flexibility index (Phi) is 5.79. The molecule has 3 nitrogen and oxygen atoms in total. The minimum Gasteiger partial charge on any atom is -0.247 e. The summed E-state index contributed by atoms with van der Waals surface area (Å²) in [6, 6.07) is 52.6. The number of rotatable bonds is 4. The zero-order valence-corrected chi connectivity index (χ0v) is 22.8. The SMILES string of the molecule is c1ccc(-c2ccc3ccc4ccc(-c5cccc(-c6nc7ccccc7cc6-c6ccccc6)c5)nc4c3n2)cc1. The van der Waals surface area contributed by atoms with Crippen LogP contribution in [-0.4, -0.2) is 15.0 Å². The lowest BCUT2D eigenvalue weighted by Crippen LogP contribution is -1.93. The monoisotopic (exact) mass is 535 g/mol. The number of fused-ring (bicyclic) bond motifs is 4. The average Bonchev–Trinajstić information content (AvgIpc) is 3.08. The molecular formula is C39H25N3. The van der Waals surface area contributed by atoms with Gasteiger partial charge in [-0.1, -0.05) is 121 Å². The molecule has 0 amide bonds. The number of pyridine rings is 3. The van der Waals surface area contributed by atoms with Crippen molar-refractivity contribution < 1.29 is 0 Å². The summed E-state index contributed by atoms with van der Waals surface area (Å²) in [4.78, 5) is 15.4. The smallest absolute Gasteiger partial charge is 0.0972 e. The van der Waals surface area contributed by atoms with Crippen LogP contribution >= 0.6 is 0 Å². The third-order valence-electron chi connectivity index (χ3n) is 7.83. The second-order valence-corrected chi connectivity index (χ2v) is 10.5. The van der Waals surface area contributed by atoms with Gasteiger partial charge in [-0.25, -0.2) is 15.0 Å². The summed E-state index contributed by atoms with van der Waals surface area (Å²) in [5.74, 6) is 0. The minimum absolute atomic E-state index is 0.905. The molecule has 0 fully saturated rings. The minimum atomic E-state index is 0.905. The van der Waals surface area contributed by atoms with Crippen molar-refractivity contribution in [3.8, 4) is 44.9 Å². The number of aromatic nitrogens is 3. The lowest BCUT2D eigenvalue weighted by molar-refractivity contribution is 1.36. The van der Waals surface area contributed by atoms with Gasteiger partial charge >= 0.3 is 0 Å². The number of nitrogens with zero attached hydrogens (tertiary/aromatic N) is 3. The van der Waals surface area contributed by atoms with Crippen LogP contribution in [0.25, 0.3) is 77.6 Å². The maximum atomic E-state index is 5.19. The molecule has 0 saturated carbocycles. The third kappa shape index (κ3) is 4.29. The standard InChI is InChI=1S/C39H25N3/c1-3-10-26(11-4-1)33-25-31-14-7-8-17-34(31)40-37(33)32-16-9-15-30(24-32)36-23-21-29-19-18-28-20-22-35(27-12-5-2-6-13-27)41-38(28)39(29)42-36/h1-25H. The van der Waals surface area contributed by atoms with Gasteiger partial charge in [-0.15, -0.1) is 0 Å². The molecule has 8 rings (SSSR count). The Balaban J connectivity index is 1.28. The van der Waals surface area contributed by atoms with Crippen molar-refractivity contribution in [3.05, 3.63) is 152 Å². The number of hydrogen-bond acceptors (Lipinski definition) is 3. The van der Waals surface area contributed by atoms with Gasteiger partial charge in [0.1, 0.15) is 0 Å². The van der Waals surface area contributed by atoms with Crippen molar-refractivity contribution in [1.29, 1.82) is 0 Å². The second kappa shape index (κ2) is 10.1. The Morgan fingerprint density at radius 1 is 0.333 bits per heavy atom. The van der Waals surface area contributed by atoms with Gasteiger partial charge in [0.25, 0.3) is 0 Å². The molecule has 3 heterocycles. The summed E-state index contributed by atoms with van der Waals surface area (Å²) in [6.07, 6.45) is 0. The van der Waals surface area contributed by atoms with Gasteiger partial charge in [0, 0.05) is 38.4 Å². The zero-order chi connectivity index (χ0) is 27.9. The molecule has 3 heteroatoms. The average molecular weight is 536 g/mol. The topological polar surface area (TPSA) is 38.7 Å². The second-order valence-electron chi connectivity index (χ2n) is 10.5. The Hall–Kier alpha value is -5.67. The lowest BCUT2D eigenvalue weighted by Gasteiger charge is -2.13. The van der Waals surface area contributed by atoms with Crippen LogP contribution < -0.4 is 0 Å². The van der Waals surface area contributed by atoms with E-state index in [2.05, 4.69) is 121 Å². The van der Waals surface area contributed by atoms with E-state index in [0.717, 1.165) is 77.6 Å². The number of benzene rings is 5. The van der Waals surface area contributed by atoms with Crippen LogP contribution in [0.5, 0.6) is 0 Å². The fraction of sp³-hybridized carbons (Fsp3) is 0. The Morgan fingerprint density at radius 2 is 0.881 bits per heavy atom. The van der Waals surface area contributed by atoms with Gasteiger partial charge in [0.2, 0.25) is 0 Å². The van der Waals surface area contributed by atoms with Gasteiger partial charge in [-0.2, -0.15) is 0 Å². The van der Waals surface area contributed by atoms with E-state index in [9.17, 15) is 0 Å². The molecule has 0 aliphatic rings. The largest absolute Gasteiger partial charge is 0.247 e. The van der Waals surface area contributed by atoms with Gasteiger partial charge in [0.15, 0.2) is 0 Å². The quantitative estimate of drug-likeness (QED) is 0.211. The maximum Gasteiger partial charge on any atom is 0.0972 e. The lowest BCUT2D eigenvalue weighted by atomic mass is 9.96. The Labute approximate surface area is 243 Å². The van der Waals surface area contributed by atoms with Gasteiger partial charge < -0.3 is 0 Å². The molecule has 0 radical (unpaired) electrons. The summed E-state index contributed by atoms with van der Waals surface area (Å²) in [5.41, 5.74) is 11.1. The normalized spacial score (nSPS) is 11.3. The molecule has 5 aromatic carbocycles. The summed E-state index contributed by atoms with van der Waals surface area (Å²) >= 11 is 0. The van der Waals surface area contributed by atoms with E-state index in [4.69, 9.17) is 15.0 Å². The van der Waals surface area contributed by atoms with Crippen LogP contribution in [0, 0.1) is 0 Å². The number of hydrogen-bond donors (Lipinski definition) is 0. The predicted octanol–water partition coefficient (Wildman–Crippen LogP) is 10.00. The Bertz CT molecular complexity index is 2240. The maximum absolute atomic E-state index is 5.19. The molecule has 0 atom stereocenters. The van der Waals surface area contributed by atoms with Crippen molar-refractivity contribution in [2.24, 2.45) is 0 Å². The van der Waals surface area contributed by atoms with Crippen LogP contribution in [-0.2, 0) is 0 Å². The molecule has 0 aliphatic carbocycles. The first-order chi connectivity index (χ1) is 20.8. The zero-order valence-electron chi connectivity index (χ0n) is 22.8. The summed E-state index contributed by atoms with van der Waals surface area (Å²) < 4.78 is 0. The molecule has 196 valence electrons. The molecule has 0 aliphatic heterocycles. The van der Waals surface area contributed by atoms with Crippen molar-refractivity contribution in [2.75, 3.05) is 0 Å². The van der Waals surface area contributed by atoms with Crippen molar-refractivity contribution in [3.63, 3.8) is 0 Å². The molecule has 3 aromatic heterocycles. The van der Waals surface area contributed by atoms with Crippen LogP contribution in [0.3, 0.4) is 0 Å².